The molecule has 0 aliphatic rings. The van der Waals surface area contributed by atoms with E-state index in [4.69, 9.17) is 10.5 Å². The lowest BCUT2D eigenvalue weighted by molar-refractivity contribution is -0.120. The van der Waals surface area contributed by atoms with Gasteiger partial charge in [-0.15, -0.1) is 0 Å². The maximum absolute atomic E-state index is 12.4. The van der Waals surface area contributed by atoms with Gasteiger partial charge in [0, 0.05) is 5.69 Å². The van der Waals surface area contributed by atoms with Crippen LogP contribution in [0.3, 0.4) is 0 Å². The maximum Gasteiger partial charge on any atom is 0.318 e. The van der Waals surface area contributed by atoms with Crippen molar-refractivity contribution in [3.05, 3.63) is 90.5 Å². The van der Waals surface area contributed by atoms with Crippen LogP contribution in [0.2, 0.25) is 0 Å². The molecule has 1 atom stereocenters. The molecule has 3 aromatic rings. The summed E-state index contributed by atoms with van der Waals surface area (Å²) in [7, 11) is 0. The molecule has 27 heavy (non-hydrogen) atoms. The first kappa shape index (κ1) is 18.0. The molecule has 0 aromatic heterocycles. The predicted molar refractivity (Wildman–Crippen MR) is 103 cm³/mol. The van der Waals surface area contributed by atoms with E-state index in [0.29, 0.717) is 17.0 Å². The quantitative estimate of drug-likeness (QED) is 0.622. The minimum Gasteiger partial charge on any atom is -0.457 e. The zero-order valence-electron chi connectivity index (χ0n) is 14.5. The van der Waals surface area contributed by atoms with Gasteiger partial charge in [0.1, 0.15) is 17.5 Å². The molecule has 0 aliphatic heterocycles. The fourth-order valence-electron chi connectivity index (χ4n) is 2.55. The van der Waals surface area contributed by atoms with Crippen LogP contribution in [0.4, 0.5) is 10.5 Å². The zero-order valence-corrected chi connectivity index (χ0v) is 14.5. The summed E-state index contributed by atoms with van der Waals surface area (Å²) >= 11 is 0. The number of ether oxygens (including phenoxy) is 1. The number of benzene rings is 3. The van der Waals surface area contributed by atoms with Crippen molar-refractivity contribution in [3.8, 4) is 11.5 Å². The van der Waals surface area contributed by atoms with E-state index >= 15 is 0 Å². The second kappa shape index (κ2) is 8.53. The monoisotopic (exact) mass is 361 g/mol. The van der Waals surface area contributed by atoms with Crippen LogP contribution in [-0.2, 0) is 4.79 Å². The molecule has 0 radical (unpaired) electrons. The van der Waals surface area contributed by atoms with E-state index in [9.17, 15) is 9.59 Å². The third-order valence-corrected chi connectivity index (χ3v) is 3.79. The molecule has 3 aromatic carbocycles. The van der Waals surface area contributed by atoms with Crippen molar-refractivity contribution >= 4 is 17.6 Å². The van der Waals surface area contributed by atoms with Crippen molar-refractivity contribution in [3.63, 3.8) is 0 Å². The summed E-state index contributed by atoms with van der Waals surface area (Å²) in [5.74, 6) is 0.879. The average molecular weight is 361 g/mol. The summed E-state index contributed by atoms with van der Waals surface area (Å²) in [4.78, 5) is 23.4. The summed E-state index contributed by atoms with van der Waals surface area (Å²) in [5, 5.41) is 5.23. The smallest absolute Gasteiger partial charge is 0.318 e. The lowest BCUT2D eigenvalue weighted by atomic mass is 10.1. The molecule has 4 N–H and O–H groups in total. The number of carbonyl (C=O) groups is 2. The number of urea groups is 1. The number of anilines is 1. The summed E-state index contributed by atoms with van der Waals surface area (Å²) < 4.78 is 5.75. The Kier molecular flexibility index (Phi) is 5.69. The number of para-hydroxylation sites is 1. The molecule has 3 amide bonds. The molecule has 0 saturated carbocycles. The van der Waals surface area contributed by atoms with Crippen LogP contribution in [0, 0.1) is 0 Å². The minimum absolute atomic E-state index is 0.529. The zero-order chi connectivity index (χ0) is 19.1. The molecule has 6 nitrogen and oxygen atoms in total. The molecule has 6 heteroatoms. The van der Waals surface area contributed by atoms with Crippen LogP contribution in [0.15, 0.2) is 84.9 Å². The summed E-state index contributed by atoms with van der Waals surface area (Å²) in [6.07, 6.45) is 0. The Hall–Kier alpha value is -3.80. The molecular formula is C21H19N3O3. The number of nitrogens with two attached hydrogens (primary N) is 1. The highest BCUT2D eigenvalue weighted by atomic mass is 16.5. The molecule has 0 spiro atoms. The van der Waals surface area contributed by atoms with Gasteiger partial charge in [0.25, 0.3) is 5.91 Å². The lowest BCUT2D eigenvalue weighted by Gasteiger charge is -2.19. The fourth-order valence-corrected chi connectivity index (χ4v) is 2.55. The highest BCUT2D eigenvalue weighted by Crippen LogP contribution is 2.25. The number of imide groups is 1. The number of carbonyl (C=O) groups excluding carboxylic acids is 2. The Morgan fingerprint density at radius 1 is 0.778 bits per heavy atom. The molecule has 0 bridgehead atoms. The molecule has 0 heterocycles. The van der Waals surface area contributed by atoms with Gasteiger partial charge >= 0.3 is 6.03 Å². The second-order valence-corrected chi connectivity index (χ2v) is 5.78. The fraction of sp³-hybridized carbons (Fsp3) is 0.0476. The van der Waals surface area contributed by atoms with Crippen LogP contribution >= 0.6 is 0 Å². The highest BCUT2D eigenvalue weighted by Gasteiger charge is 2.21. The van der Waals surface area contributed by atoms with E-state index < -0.39 is 18.0 Å². The van der Waals surface area contributed by atoms with Gasteiger partial charge in [-0.2, -0.15) is 0 Å². The Balaban J connectivity index is 1.75. The van der Waals surface area contributed by atoms with Crippen molar-refractivity contribution in [2.24, 2.45) is 5.73 Å². The molecule has 136 valence electrons. The van der Waals surface area contributed by atoms with Crippen LogP contribution < -0.4 is 21.1 Å². The first-order valence-corrected chi connectivity index (χ1v) is 8.36. The van der Waals surface area contributed by atoms with Crippen LogP contribution in [-0.4, -0.2) is 11.9 Å². The SMILES string of the molecule is NC(=O)NC(=O)C(Nc1ccc(Oc2ccccc2)cc1)c1ccccc1. The van der Waals surface area contributed by atoms with E-state index in [1.54, 1.807) is 36.4 Å². The van der Waals surface area contributed by atoms with Gasteiger partial charge in [-0.1, -0.05) is 48.5 Å². The lowest BCUT2D eigenvalue weighted by Crippen LogP contribution is -2.40. The number of hydrogen-bond acceptors (Lipinski definition) is 4. The van der Waals surface area contributed by atoms with Crippen LogP contribution in [0.5, 0.6) is 11.5 Å². The van der Waals surface area contributed by atoms with E-state index in [0.717, 1.165) is 5.75 Å². The first-order valence-electron chi connectivity index (χ1n) is 8.36. The van der Waals surface area contributed by atoms with Gasteiger partial charge in [0.15, 0.2) is 0 Å². The van der Waals surface area contributed by atoms with Crippen molar-refractivity contribution in [1.82, 2.24) is 5.32 Å². The van der Waals surface area contributed by atoms with Crippen LogP contribution in [0.25, 0.3) is 0 Å². The Morgan fingerprint density at radius 3 is 1.93 bits per heavy atom. The molecular weight excluding hydrogens is 342 g/mol. The van der Waals surface area contributed by atoms with E-state index in [2.05, 4.69) is 10.6 Å². The Morgan fingerprint density at radius 2 is 1.33 bits per heavy atom. The summed E-state index contributed by atoms with van der Waals surface area (Å²) in [6, 6.07) is 24.0. The molecule has 1 unspecified atom stereocenters. The highest BCUT2D eigenvalue weighted by molar-refractivity contribution is 5.98. The molecule has 0 fully saturated rings. The van der Waals surface area contributed by atoms with Gasteiger partial charge in [-0.25, -0.2) is 4.79 Å². The minimum atomic E-state index is -0.894. The molecule has 0 saturated heterocycles. The van der Waals surface area contributed by atoms with E-state index in [1.165, 1.54) is 0 Å². The molecule has 0 aliphatic carbocycles. The van der Waals surface area contributed by atoms with Gasteiger partial charge in [-0.3, -0.25) is 10.1 Å². The normalized spacial score (nSPS) is 11.3. The van der Waals surface area contributed by atoms with Crippen molar-refractivity contribution in [2.45, 2.75) is 6.04 Å². The number of rotatable bonds is 6. The van der Waals surface area contributed by atoms with Crippen molar-refractivity contribution in [2.75, 3.05) is 5.32 Å². The maximum atomic E-state index is 12.4. The van der Waals surface area contributed by atoms with Gasteiger partial charge < -0.3 is 15.8 Å². The Labute approximate surface area is 157 Å². The largest absolute Gasteiger partial charge is 0.457 e. The third-order valence-electron chi connectivity index (χ3n) is 3.79. The second-order valence-electron chi connectivity index (χ2n) is 5.78. The van der Waals surface area contributed by atoms with Gasteiger partial charge in [-0.05, 0) is 42.0 Å². The third kappa shape index (κ3) is 5.09. The van der Waals surface area contributed by atoms with E-state index in [-0.39, 0.29) is 0 Å². The standard InChI is InChI=1S/C21H19N3O3/c22-21(26)24-20(25)19(15-7-3-1-4-8-15)23-16-11-13-18(14-12-16)27-17-9-5-2-6-10-17/h1-14,19,23H,(H3,22,24,25,26). The summed E-state index contributed by atoms with van der Waals surface area (Å²) in [6.45, 7) is 0. The number of amides is 3. The average Bonchev–Trinajstić information content (AvgIpc) is 2.68. The topological polar surface area (TPSA) is 93.5 Å². The number of primary amides is 1. The van der Waals surface area contributed by atoms with Gasteiger partial charge in [0.05, 0.1) is 0 Å². The predicted octanol–water partition coefficient (Wildman–Crippen LogP) is 3.83. The van der Waals surface area contributed by atoms with Crippen molar-refractivity contribution in [1.29, 1.82) is 0 Å². The Bertz CT molecular complexity index is 897. The van der Waals surface area contributed by atoms with Crippen LogP contribution in [0.1, 0.15) is 11.6 Å². The molecule has 3 rings (SSSR count). The summed E-state index contributed by atoms with van der Waals surface area (Å²) in [5.41, 5.74) is 6.49. The first-order chi connectivity index (χ1) is 13.1. The van der Waals surface area contributed by atoms with E-state index in [1.807, 2.05) is 48.5 Å². The van der Waals surface area contributed by atoms with Gasteiger partial charge in [0.2, 0.25) is 0 Å². The number of hydrogen-bond donors (Lipinski definition) is 3. The number of nitrogens with one attached hydrogen (secondary N) is 2. The van der Waals surface area contributed by atoms with Crippen molar-refractivity contribution < 1.29 is 14.3 Å².